The zero-order chi connectivity index (χ0) is 13.7. The number of hydrogen-bond donors (Lipinski definition) is 1. The Labute approximate surface area is 98.2 Å². The first-order valence-electron chi connectivity index (χ1n) is 4.82. The molecule has 7 heteroatoms. The second-order valence-electron chi connectivity index (χ2n) is 3.75. The molecule has 2 rings (SSSR count). The highest BCUT2D eigenvalue weighted by atomic mass is 19.4. The molecular weight excluding hydrogens is 254 g/mol. The van der Waals surface area contributed by atoms with Crippen molar-refractivity contribution in [3.63, 3.8) is 0 Å². The number of alkyl halides is 3. The molecule has 1 aromatic heterocycles. The third kappa shape index (κ3) is 1.71. The summed E-state index contributed by atoms with van der Waals surface area (Å²) >= 11 is 0. The van der Waals surface area contributed by atoms with E-state index in [0.29, 0.717) is 4.57 Å². The molecule has 0 unspecified atom stereocenters. The van der Waals surface area contributed by atoms with E-state index in [2.05, 4.69) is 0 Å². The Hall–Kier alpha value is -2.05. The summed E-state index contributed by atoms with van der Waals surface area (Å²) in [6.45, 7) is 0. The smallest absolute Gasteiger partial charge is 0.432 e. The largest absolute Gasteiger partial charge is 0.478 e. The Bertz CT molecular complexity index is 643. The van der Waals surface area contributed by atoms with Gasteiger partial charge in [-0.25, -0.2) is 9.18 Å². The zero-order valence-electron chi connectivity index (χ0n) is 9.05. The predicted molar refractivity (Wildman–Crippen MR) is 54.8 cm³/mol. The van der Waals surface area contributed by atoms with E-state index in [1.54, 1.807) is 0 Å². The molecule has 0 aliphatic rings. The quantitative estimate of drug-likeness (QED) is 0.802. The lowest BCUT2D eigenvalue weighted by atomic mass is 10.1. The molecule has 0 bridgehead atoms. The second kappa shape index (κ2) is 3.72. The third-order valence-corrected chi connectivity index (χ3v) is 2.64. The molecule has 0 saturated carbocycles. The number of carbonyl (C=O) groups is 1. The normalized spacial score (nSPS) is 12.1. The second-order valence-corrected chi connectivity index (χ2v) is 3.75. The highest BCUT2D eigenvalue weighted by Gasteiger charge is 2.40. The van der Waals surface area contributed by atoms with Crippen molar-refractivity contribution in [3.05, 3.63) is 35.3 Å². The fourth-order valence-electron chi connectivity index (χ4n) is 1.97. The predicted octanol–water partition coefficient (Wildman–Crippen LogP) is 3.03. The van der Waals surface area contributed by atoms with Crippen LogP contribution in [0.5, 0.6) is 0 Å². The number of rotatable bonds is 1. The number of halogens is 4. The van der Waals surface area contributed by atoms with Gasteiger partial charge in [0, 0.05) is 18.0 Å². The van der Waals surface area contributed by atoms with Crippen LogP contribution in [0, 0.1) is 5.82 Å². The Morgan fingerprint density at radius 3 is 2.44 bits per heavy atom. The molecule has 3 nitrogen and oxygen atoms in total. The molecule has 0 amide bonds. The van der Waals surface area contributed by atoms with E-state index in [1.807, 2.05) is 0 Å². The molecule has 1 heterocycles. The van der Waals surface area contributed by atoms with Crippen LogP contribution >= 0.6 is 0 Å². The topological polar surface area (TPSA) is 42.2 Å². The van der Waals surface area contributed by atoms with Gasteiger partial charge in [-0.05, 0) is 18.2 Å². The standard InChI is InChI=1S/C11H7F4NO2/c1-16-7-3-2-5(12)4-6(7)8(10(17)18)9(16)11(13,14)15/h2-4H,1H3,(H,17,18). The van der Waals surface area contributed by atoms with Crippen LogP contribution in [0.15, 0.2) is 18.2 Å². The lowest BCUT2D eigenvalue weighted by Gasteiger charge is -2.09. The van der Waals surface area contributed by atoms with Gasteiger partial charge < -0.3 is 9.67 Å². The van der Waals surface area contributed by atoms with Gasteiger partial charge in [-0.3, -0.25) is 0 Å². The maximum Gasteiger partial charge on any atom is 0.432 e. The van der Waals surface area contributed by atoms with E-state index < -0.39 is 29.2 Å². The fraction of sp³-hybridized carbons (Fsp3) is 0.182. The SMILES string of the molecule is Cn1c(C(F)(F)F)c(C(=O)O)c2cc(F)ccc21. The number of nitrogens with zero attached hydrogens (tertiary/aromatic N) is 1. The number of aryl methyl sites for hydroxylation is 1. The molecule has 0 atom stereocenters. The Balaban J connectivity index is 2.97. The number of aromatic carboxylic acids is 1. The van der Waals surface area contributed by atoms with Gasteiger partial charge in [0.15, 0.2) is 0 Å². The number of hydrogen-bond acceptors (Lipinski definition) is 1. The van der Waals surface area contributed by atoms with Crippen molar-refractivity contribution in [1.29, 1.82) is 0 Å². The summed E-state index contributed by atoms with van der Waals surface area (Å²) in [6.07, 6.45) is -4.82. The van der Waals surface area contributed by atoms with Crippen molar-refractivity contribution in [2.24, 2.45) is 7.05 Å². The number of aromatic nitrogens is 1. The Morgan fingerprint density at radius 1 is 1.33 bits per heavy atom. The minimum atomic E-state index is -4.82. The monoisotopic (exact) mass is 261 g/mol. The summed E-state index contributed by atoms with van der Waals surface area (Å²) < 4.78 is 52.2. The van der Waals surface area contributed by atoms with Crippen molar-refractivity contribution >= 4 is 16.9 Å². The molecule has 2 aromatic rings. The van der Waals surface area contributed by atoms with E-state index in [9.17, 15) is 22.4 Å². The first-order chi connectivity index (χ1) is 8.23. The lowest BCUT2D eigenvalue weighted by Crippen LogP contribution is -2.15. The molecule has 0 fully saturated rings. The van der Waals surface area contributed by atoms with Crippen LogP contribution in [0.25, 0.3) is 10.9 Å². The molecule has 0 spiro atoms. The van der Waals surface area contributed by atoms with Crippen LogP contribution in [0.2, 0.25) is 0 Å². The first kappa shape index (κ1) is 12.4. The molecule has 0 radical (unpaired) electrons. The summed E-state index contributed by atoms with van der Waals surface area (Å²) in [7, 11) is 1.09. The van der Waals surface area contributed by atoms with Crippen molar-refractivity contribution in [2.45, 2.75) is 6.18 Å². The molecule has 0 saturated heterocycles. The number of benzene rings is 1. The summed E-state index contributed by atoms with van der Waals surface area (Å²) in [5, 5.41) is 8.63. The molecule has 0 aliphatic heterocycles. The fourth-order valence-corrected chi connectivity index (χ4v) is 1.97. The van der Waals surface area contributed by atoms with E-state index in [1.165, 1.54) is 0 Å². The van der Waals surface area contributed by atoms with Gasteiger partial charge in [0.1, 0.15) is 11.5 Å². The Kier molecular flexibility index (Phi) is 2.57. The minimum absolute atomic E-state index is 0.0149. The van der Waals surface area contributed by atoms with Crippen LogP contribution in [-0.2, 0) is 13.2 Å². The van der Waals surface area contributed by atoms with Gasteiger partial charge in [0.2, 0.25) is 0 Å². The molecule has 1 aromatic carbocycles. The third-order valence-electron chi connectivity index (χ3n) is 2.64. The van der Waals surface area contributed by atoms with Crippen LogP contribution in [-0.4, -0.2) is 15.6 Å². The summed E-state index contributed by atoms with van der Waals surface area (Å²) in [4.78, 5) is 11.0. The number of carboxylic acids is 1. The van der Waals surface area contributed by atoms with Crippen molar-refractivity contribution in [1.82, 2.24) is 4.57 Å². The van der Waals surface area contributed by atoms with Gasteiger partial charge in [-0.1, -0.05) is 0 Å². The van der Waals surface area contributed by atoms with Crippen LogP contribution < -0.4 is 0 Å². The van der Waals surface area contributed by atoms with Gasteiger partial charge in [0.25, 0.3) is 0 Å². The summed E-state index contributed by atoms with van der Waals surface area (Å²) in [6, 6.07) is 2.88. The van der Waals surface area contributed by atoms with Crippen LogP contribution in [0.1, 0.15) is 16.1 Å². The highest BCUT2D eigenvalue weighted by molar-refractivity contribution is 6.05. The zero-order valence-corrected chi connectivity index (χ0v) is 9.05. The van der Waals surface area contributed by atoms with Gasteiger partial charge in [-0.2, -0.15) is 13.2 Å². The summed E-state index contributed by atoms with van der Waals surface area (Å²) in [5.74, 6) is -2.53. The minimum Gasteiger partial charge on any atom is -0.478 e. The van der Waals surface area contributed by atoms with Gasteiger partial charge >= 0.3 is 12.1 Å². The molecule has 96 valence electrons. The van der Waals surface area contributed by atoms with E-state index in [-0.39, 0.29) is 10.9 Å². The molecular formula is C11H7F4NO2. The average molecular weight is 261 g/mol. The van der Waals surface area contributed by atoms with Gasteiger partial charge in [-0.15, -0.1) is 0 Å². The number of fused-ring (bicyclic) bond motifs is 1. The van der Waals surface area contributed by atoms with E-state index in [4.69, 9.17) is 5.11 Å². The van der Waals surface area contributed by atoms with Crippen molar-refractivity contribution < 1.29 is 27.5 Å². The number of carboxylic acid groups (broad SMARTS) is 1. The van der Waals surface area contributed by atoms with Crippen LogP contribution in [0.4, 0.5) is 17.6 Å². The van der Waals surface area contributed by atoms with Crippen molar-refractivity contribution in [2.75, 3.05) is 0 Å². The van der Waals surface area contributed by atoms with E-state index >= 15 is 0 Å². The summed E-state index contributed by atoms with van der Waals surface area (Å²) in [5.41, 5.74) is -2.21. The van der Waals surface area contributed by atoms with Crippen LogP contribution in [0.3, 0.4) is 0 Å². The maximum absolute atomic E-state index is 13.0. The van der Waals surface area contributed by atoms with Crippen molar-refractivity contribution in [3.8, 4) is 0 Å². The Morgan fingerprint density at radius 2 is 1.94 bits per heavy atom. The lowest BCUT2D eigenvalue weighted by molar-refractivity contribution is -0.143. The molecule has 18 heavy (non-hydrogen) atoms. The van der Waals surface area contributed by atoms with Gasteiger partial charge in [0.05, 0.1) is 5.56 Å². The highest BCUT2D eigenvalue weighted by Crippen LogP contribution is 2.37. The average Bonchev–Trinajstić information content (AvgIpc) is 2.50. The maximum atomic E-state index is 13.0. The molecule has 1 N–H and O–H groups in total. The molecule has 0 aliphatic carbocycles. The van der Waals surface area contributed by atoms with E-state index in [0.717, 1.165) is 25.2 Å². The first-order valence-corrected chi connectivity index (χ1v) is 4.82.